The molecule has 2 bridgehead atoms. The molecule has 3 aliphatic rings. The summed E-state index contributed by atoms with van der Waals surface area (Å²) in [6.07, 6.45) is 9.55. The van der Waals surface area contributed by atoms with Gasteiger partial charge in [-0.05, 0) is 37.5 Å². The average molecular weight is 448 g/mol. The van der Waals surface area contributed by atoms with E-state index >= 15 is 0 Å². The first kappa shape index (κ1) is 20.5. The van der Waals surface area contributed by atoms with Crippen molar-refractivity contribution in [2.24, 2.45) is 0 Å². The van der Waals surface area contributed by atoms with Crippen LogP contribution >= 0.6 is 0 Å². The van der Waals surface area contributed by atoms with Gasteiger partial charge in [0.2, 0.25) is 0 Å². The van der Waals surface area contributed by atoms with Gasteiger partial charge in [-0.1, -0.05) is 25.3 Å². The number of hydrogen-bond acceptors (Lipinski definition) is 6. The van der Waals surface area contributed by atoms with Crippen molar-refractivity contribution in [3.05, 3.63) is 42.2 Å². The minimum absolute atomic E-state index is 0.255. The molecule has 2 aromatic heterocycles. The zero-order valence-corrected chi connectivity index (χ0v) is 18.9. The van der Waals surface area contributed by atoms with Crippen LogP contribution in [-0.2, 0) is 4.74 Å². The van der Waals surface area contributed by atoms with E-state index in [0.29, 0.717) is 29.2 Å². The van der Waals surface area contributed by atoms with Crippen molar-refractivity contribution in [2.45, 2.75) is 56.7 Å². The number of morpholine rings is 1. The Kier molecular flexibility index (Phi) is 5.17. The van der Waals surface area contributed by atoms with Gasteiger partial charge in [0.05, 0.1) is 43.1 Å². The molecule has 0 radical (unpaired) electrons. The molecule has 3 fully saturated rings. The highest BCUT2D eigenvalue weighted by molar-refractivity contribution is 6.05. The molecule has 4 heterocycles. The number of rotatable bonds is 5. The van der Waals surface area contributed by atoms with Gasteiger partial charge < -0.3 is 19.7 Å². The summed E-state index contributed by atoms with van der Waals surface area (Å²) in [5.41, 5.74) is 1.89. The molecule has 33 heavy (non-hydrogen) atoms. The summed E-state index contributed by atoms with van der Waals surface area (Å²) in [5, 5.41) is 8.79. The number of nitrogens with one attached hydrogen (secondary N) is 1. The molecule has 8 heteroatoms. The smallest absolute Gasteiger partial charge is 0.274 e. The largest absolute Gasteiger partial charge is 0.494 e. The van der Waals surface area contributed by atoms with E-state index < -0.39 is 0 Å². The van der Waals surface area contributed by atoms with Gasteiger partial charge in [0.25, 0.3) is 5.91 Å². The molecule has 2 atom stereocenters. The fourth-order valence-electron chi connectivity index (χ4n) is 5.45. The maximum absolute atomic E-state index is 13.1. The van der Waals surface area contributed by atoms with Gasteiger partial charge in [-0.15, -0.1) is 0 Å². The van der Waals surface area contributed by atoms with E-state index in [1.165, 1.54) is 32.1 Å². The number of hydrogen-bond donors (Lipinski definition) is 1. The van der Waals surface area contributed by atoms with Gasteiger partial charge in [0.15, 0.2) is 0 Å². The van der Waals surface area contributed by atoms with Crippen LogP contribution in [0.3, 0.4) is 0 Å². The van der Waals surface area contributed by atoms with Gasteiger partial charge in [-0.2, -0.15) is 5.10 Å². The summed E-state index contributed by atoms with van der Waals surface area (Å²) in [6, 6.07) is 10.2. The molecular weight excluding hydrogens is 418 g/mol. The molecule has 1 amide bonds. The van der Waals surface area contributed by atoms with Crippen LogP contribution in [0.2, 0.25) is 0 Å². The SMILES string of the molecule is COc1cc2nn(C3CCCCC3)cc2cc1NC(=O)c1cccc(N2CC3CC2CO3)n1. The van der Waals surface area contributed by atoms with Crippen molar-refractivity contribution in [3.8, 4) is 5.75 Å². The van der Waals surface area contributed by atoms with Crippen LogP contribution in [0.25, 0.3) is 10.9 Å². The first-order valence-electron chi connectivity index (χ1n) is 11.9. The quantitative estimate of drug-likeness (QED) is 0.632. The molecule has 1 aromatic carbocycles. The van der Waals surface area contributed by atoms with E-state index in [1.807, 2.05) is 24.3 Å². The number of benzene rings is 1. The van der Waals surface area contributed by atoms with Crippen LogP contribution in [0, 0.1) is 0 Å². The topological polar surface area (TPSA) is 81.5 Å². The number of aromatic nitrogens is 3. The normalized spacial score (nSPS) is 22.8. The Hall–Kier alpha value is -3.13. The fraction of sp³-hybridized carbons (Fsp3) is 0.480. The molecular formula is C25H29N5O3. The molecule has 2 saturated heterocycles. The third kappa shape index (κ3) is 3.82. The monoisotopic (exact) mass is 447 g/mol. The highest BCUT2D eigenvalue weighted by Crippen LogP contribution is 2.34. The summed E-state index contributed by atoms with van der Waals surface area (Å²) >= 11 is 0. The van der Waals surface area contributed by atoms with Crippen LogP contribution in [0.1, 0.15) is 55.1 Å². The lowest BCUT2D eigenvalue weighted by Crippen LogP contribution is -2.37. The van der Waals surface area contributed by atoms with Crippen LogP contribution in [-0.4, -0.2) is 53.1 Å². The van der Waals surface area contributed by atoms with Crippen LogP contribution in [0.15, 0.2) is 36.5 Å². The Labute approximate surface area is 192 Å². The van der Waals surface area contributed by atoms with Crippen molar-refractivity contribution in [1.29, 1.82) is 0 Å². The number of ether oxygens (including phenoxy) is 2. The summed E-state index contributed by atoms with van der Waals surface area (Å²) < 4.78 is 13.4. The molecule has 0 spiro atoms. The van der Waals surface area contributed by atoms with E-state index in [1.54, 1.807) is 13.2 Å². The Bertz CT molecular complexity index is 1190. The standard InChI is InChI=1S/C25H29N5O3/c1-32-23-12-21-16(13-30(28-21)17-6-3-2-4-7-17)10-22(23)27-25(31)20-8-5-9-24(26-20)29-14-19-11-18(29)15-33-19/h5,8-10,12-13,17-19H,2-4,6-7,11,14-15H2,1H3,(H,27,31). The predicted octanol–water partition coefficient (Wildman–Crippen LogP) is 4.17. The van der Waals surface area contributed by atoms with Gasteiger partial charge in [-0.3, -0.25) is 9.48 Å². The number of anilines is 2. The highest BCUT2D eigenvalue weighted by Gasteiger charge is 2.39. The second-order valence-corrected chi connectivity index (χ2v) is 9.34. The fourth-order valence-corrected chi connectivity index (χ4v) is 5.45. The van der Waals surface area contributed by atoms with E-state index in [0.717, 1.165) is 36.3 Å². The number of amides is 1. The maximum Gasteiger partial charge on any atom is 0.274 e. The maximum atomic E-state index is 13.1. The molecule has 172 valence electrons. The van der Waals surface area contributed by atoms with E-state index in [9.17, 15) is 4.79 Å². The van der Waals surface area contributed by atoms with Gasteiger partial charge in [0.1, 0.15) is 17.3 Å². The second-order valence-electron chi connectivity index (χ2n) is 9.34. The molecule has 2 unspecified atom stereocenters. The van der Waals surface area contributed by atoms with Crippen LogP contribution < -0.4 is 15.0 Å². The molecule has 6 rings (SSSR count). The number of methoxy groups -OCH3 is 1. The zero-order valence-electron chi connectivity index (χ0n) is 18.9. The first-order valence-corrected chi connectivity index (χ1v) is 11.9. The Morgan fingerprint density at radius 2 is 2.06 bits per heavy atom. The minimum atomic E-state index is -0.255. The van der Waals surface area contributed by atoms with Crippen LogP contribution in [0.5, 0.6) is 5.75 Å². The van der Waals surface area contributed by atoms with Crippen molar-refractivity contribution >= 4 is 28.3 Å². The lowest BCUT2D eigenvalue weighted by Gasteiger charge is -2.28. The highest BCUT2D eigenvalue weighted by atomic mass is 16.5. The summed E-state index contributed by atoms with van der Waals surface area (Å²) in [4.78, 5) is 20.0. The lowest BCUT2D eigenvalue weighted by atomic mass is 9.96. The zero-order chi connectivity index (χ0) is 22.4. The minimum Gasteiger partial charge on any atom is -0.494 e. The molecule has 8 nitrogen and oxygen atoms in total. The average Bonchev–Trinajstić information content (AvgIpc) is 3.60. The first-order chi connectivity index (χ1) is 16.2. The number of nitrogens with zero attached hydrogens (tertiary/aromatic N) is 4. The van der Waals surface area contributed by atoms with Gasteiger partial charge in [0, 0.05) is 24.2 Å². The summed E-state index contributed by atoms with van der Waals surface area (Å²) in [7, 11) is 1.61. The molecule has 2 aliphatic heterocycles. The number of carbonyl (C=O) groups is 1. The third-order valence-electron chi connectivity index (χ3n) is 7.20. The lowest BCUT2D eigenvalue weighted by molar-refractivity contribution is 0.0988. The molecule has 3 aromatic rings. The Morgan fingerprint density at radius 1 is 1.18 bits per heavy atom. The Morgan fingerprint density at radius 3 is 2.82 bits per heavy atom. The number of carbonyl (C=O) groups excluding carboxylic acids is 1. The predicted molar refractivity (Wildman–Crippen MR) is 126 cm³/mol. The van der Waals surface area contributed by atoms with Gasteiger partial charge >= 0.3 is 0 Å². The van der Waals surface area contributed by atoms with E-state index in [-0.39, 0.29) is 12.0 Å². The number of pyridine rings is 1. The molecule has 1 aliphatic carbocycles. The molecule has 1 N–H and O–H groups in total. The van der Waals surface area contributed by atoms with Crippen molar-refractivity contribution in [1.82, 2.24) is 14.8 Å². The third-order valence-corrected chi connectivity index (χ3v) is 7.20. The van der Waals surface area contributed by atoms with Crippen molar-refractivity contribution < 1.29 is 14.3 Å². The van der Waals surface area contributed by atoms with Crippen LogP contribution in [0.4, 0.5) is 11.5 Å². The van der Waals surface area contributed by atoms with Crippen molar-refractivity contribution in [3.63, 3.8) is 0 Å². The van der Waals surface area contributed by atoms with E-state index in [2.05, 4.69) is 26.1 Å². The molecule has 1 saturated carbocycles. The number of fused-ring (bicyclic) bond motifs is 3. The second kappa shape index (κ2) is 8.33. The van der Waals surface area contributed by atoms with Gasteiger partial charge in [-0.25, -0.2) is 4.98 Å². The summed E-state index contributed by atoms with van der Waals surface area (Å²) in [6.45, 7) is 1.56. The Balaban J connectivity index is 1.24. The van der Waals surface area contributed by atoms with E-state index in [4.69, 9.17) is 14.6 Å². The summed E-state index contributed by atoms with van der Waals surface area (Å²) in [5.74, 6) is 1.17. The van der Waals surface area contributed by atoms with Crippen molar-refractivity contribution in [2.75, 3.05) is 30.5 Å².